The minimum Gasteiger partial charge on any atom is -0.309 e. The zero-order valence-corrected chi connectivity index (χ0v) is 11.1. The lowest BCUT2D eigenvalue weighted by Crippen LogP contribution is -2.54. The van der Waals surface area contributed by atoms with Gasteiger partial charge in [0.15, 0.2) is 0 Å². The normalized spacial score (nSPS) is 26.5. The first kappa shape index (κ1) is 13.1. The molecule has 1 aliphatic rings. The summed E-state index contributed by atoms with van der Waals surface area (Å²) < 4.78 is 0. The molecule has 3 heteroatoms. The van der Waals surface area contributed by atoms with Crippen molar-refractivity contribution in [2.45, 2.75) is 31.8 Å². The fourth-order valence-corrected chi connectivity index (χ4v) is 2.75. The van der Waals surface area contributed by atoms with Gasteiger partial charge in [0, 0.05) is 31.7 Å². The molecule has 1 aliphatic heterocycles. The lowest BCUT2D eigenvalue weighted by Gasteiger charge is -2.37. The highest BCUT2D eigenvalue weighted by Crippen LogP contribution is 2.17. The molecule has 3 nitrogen and oxygen atoms in total. The third-order valence-electron chi connectivity index (χ3n) is 3.43. The molecule has 0 saturated carbocycles. The van der Waals surface area contributed by atoms with E-state index in [4.69, 9.17) is 0 Å². The molecule has 0 aliphatic carbocycles. The Balaban J connectivity index is 2.01. The number of piperazine rings is 1. The summed E-state index contributed by atoms with van der Waals surface area (Å²) in [6.45, 7) is 7.28. The zero-order valence-electron chi connectivity index (χ0n) is 11.1. The molecule has 1 aromatic carbocycles. The zero-order chi connectivity index (χ0) is 13.0. The lowest BCUT2D eigenvalue weighted by molar-refractivity contribution is 0.171. The second-order valence-corrected chi connectivity index (χ2v) is 5.28. The molecular formula is C15H21N3. The van der Waals surface area contributed by atoms with E-state index in [-0.39, 0.29) is 5.92 Å². The SMILES string of the molecule is CC1CN(CC(C#N)c2ccccc2)CC(C)N1. The maximum Gasteiger partial charge on any atom is 0.0839 e. The van der Waals surface area contributed by atoms with Crippen molar-refractivity contribution < 1.29 is 0 Å². The van der Waals surface area contributed by atoms with Gasteiger partial charge in [0.2, 0.25) is 0 Å². The Labute approximate surface area is 109 Å². The summed E-state index contributed by atoms with van der Waals surface area (Å²) >= 11 is 0. The van der Waals surface area contributed by atoms with Crippen molar-refractivity contribution in [2.75, 3.05) is 19.6 Å². The Morgan fingerprint density at radius 2 is 1.89 bits per heavy atom. The van der Waals surface area contributed by atoms with Gasteiger partial charge in [-0.3, -0.25) is 4.90 Å². The minimum absolute atomic E-state index is 0.0244. The summed E-state index contributed by atoms with van der Waals surface area (Å²) in [6.07, 6.45) is 0. The molecule has 18 heavy (non-hydrogen) atoms. The van der Waals surface area contributed by atoms with E-state index in [9.17, 15) is 5.26 Å². The Morgan fingerprint density at radius 1 is 1.28 bits per heavy atom. The average molecular weight is 243 g/mol. The van der Waals surface area contributed by atoms with Crippen LogP contribution < -0.4 is 5.32 Å². The predicted octanol–water partition coefficient (Wildman–Crippen LogP) is 1.98. The molecule has 0 bridgehead atoms. The maximum atomic E-state index is 9.35. The molecule has 0 spiro atoms. The van der Waals surface area contributed by atoms with Gasteiger partial charge in [-0.25, -0.2) is 0 Å². The Bertz CT molecular complexity index is 399. The van der Waals surface area contributed by atoms with E-state index < -0.39 is 0 Å². The molecule has 0 amide bonds. The molecule has 1 saturated heterocycles. The first-order valence-electron chi connectivity index (χ1n) is 6.62. The third kappa shape index (κ3) is 3.32. The van der Waals surface area contributed by atoms with Crippen molar-refractivity contribution in [1.82, 2.24) is 10.2 Å². The fraction of sp³-hybridized carbons (Fsp3) is 0.533. The highest BCUT2D eigenvalue weighted by molar-refractivity contribution is 5.25. The molecule has 2 rings (SSSR count). The van der Waals surface area contributed by atoms with Crippen molar-refractivity contribution in [2.24, 2.45) is 0 Å². The Hall–Kier alpha value is -1.37. The van der Waals surface area contributed by atoms with Gasteiger partial charge in [0.1, 0.15) is 0 Å². The van der Waals surface area contributed by atoms with Gasteiger partial charge in [-0.15, -0.1) is 0 Å². The molecule has 0 aromatic heterocycles. The lowest BCUT2D eigenvalue weighted by atomic mass is 9.99. The monoisotopic (exact) mass is 243 g/mol. The van der Waals surface area contributed by atoms with Crippen molar-refractivity contribution >= 4 is 0 Å². The summed E-state index contributed by atoms with van der Waals surface area (Å²) in [6, 6.07) is 13.5. The molecule has 96 valence electrons. The van der Waals surface area contributed by atoms with Crippen LogP contribution in [0.3, 0.4) is 0 Å². The van der Waals surface area contributed by atoms with Crippen LogP contribution in [0.25, 0.3) is 0 Å². The van der Waals surface area contributed by atoms with Crippen LogP contribution >= 0.6 is 0 Å². The number of nitrogens with one attached hydrogen (secondary N) is 1. The number of benzene rings is 1. The Kier molecular flexibility index (Phi) is 4.35. The summed E-state index contributed by atoms with van der Waals surface area (Å²) in [7, 11) is 0. The largest absolute Gasteiger partial charge is 0.309 e. The number of rotatable bonds is 3. The standard InChI is InChI=1S/C15H21N3/c1-12-9-18(10-13(2)17-12)11-15(8-16)14-6-4-3-5-7-14/h3-7,12-13,15,17H,9-11H2,1-2H3. The Morgan fingerprint density at radius 3 is 2.44 bits per heavy atom. The highest BCUT2D eigenvalue weighted by Gasteiger charge is 2.23. The van der Waals surface area contributed by atoms with Crippen LogP contribution in [0, 0.1) is 11.3 Å². The topological polar surface area (TPSA) is 39.1 Å². The van der Waals surface area contributed by atoms with Gasteiger partial charge in [0.05, 0.1) is 12.0 Å². The summed E-state index contributed by atoms with van der Waals surface area (Å²) in [5, 5.41) is 12.9. The van der Waals surface area contributed by atoms with Crippen LogP contribution in [0.5, 0.6) is 0 Å². The van der Waals surface area contributed by atoms with Gasteiger partial charge in [-0.1, -0.05) is 30.3 Å². The van der Waals surface area contributed by atoms with E-state index in [0.29, 0.717) is 12.1 Å². The average Bonchev–Trinajstić information content (AvgIpc) is 2.36. The first-order chi connectivity index (χ1) is 8.69. The van der Waals surface area contributed by atoms with E-state index in [1.165, 1.54) is 0 Å². The predicted molar refractivity (Wildman–Crippen MR) is 73.3 cm³/mol. The van der Waals surface area contributed by atoms with E-state index in [2.05, 4.69) is 30.1 Å². The van der Waals surface area contributed by atoms with Crippen LogP contribution in [0.1, 0.15) is 25.3 Å². The van der Waals surface area contributed by atoms with Gasteiger partial charge >= 0.3 is 0 Å². The first-order valence-corrected chi connectivity index (χ1v) is 6.62. The molecule has 3 unspecified atom stereocenters. The van der Waals surface area contributed by atoms with Crippen molar-refractivity contribution in [3.8, 4) is 6.07 Å². The molecule has 1 aromatic rings. The number of hydrogen-bond acceptors (Lipinski definition) is 3. The van der Waals surface area contributed by atoms with E-state index in [1.54, 1.807) is 0 Å². The van der Waals surface area contributed by atoms with E-state index in [0.717, 1.165) is 25.2 Å². The van der Waals surface area contributed by atoms with Gasteiger partial charge in [0.25, 0.3) is 0 Å². The van der Waals surface area contributed by atoms with Gasteiger partial charge in [-0.2, -0.15) is 5.26 Å². The van der Waals surface area contributed by atoms with Crippen LogP contribution in [0.4, 0.5) is 0 Å². The number of hydrogen-bond donors (Lipinski definition) is 1. The number of nitriles is 1. The summed E-state index contributed by atoms with van der Waals surface area (Å²) in [4.78, 5) is 2.40. The molecule has 1 fully saturated rings. The summed E-state index contributed by atoms with van der Waals surface area (Å²) in [5.41, 5.74) is 1.12. The van der Waals surface area contributed by atoms with Crippen LogP contribution in [-0.4, -0.2) is 36.6 Å². The van der Waals surface area contributed by atoms with Crippen LogP contribution in [-0.2, 0) is 0 Å². The maximum absolute atomic E-state index is 9.35. The molecule has 0 radical (unpaired) electrons. The van der Waals surface area contributed by atoms with Crippen molar-refractivity contribution in [3.63, 3.8) is 0 Å². The smallest absolute Gasteiger partial charge is 0.0839 e. The summed E-state index contributed by atoms with van der Waals surface area (Å²) in [5.74, 6) is -0.0244. The van der Waals surface area contributed by atoms with Gasteiger partial charge in [-0.05, 0) is 19.4 Å². The van der Waals surface area contributed by atoms with E-state index >= 15 is 0 Å². The fourth-order valence-electron chi connectivity index (χ4n) is 2.75. The number of nitrogens with zero attached hydrogens (tertiary/aromatic N) is 2. The molecule has 1 heterocycles. The van der Waals surface area contributed by atoms with E-state index in [1.807, 2.05) is 30.3 Å². The third-order valence-corrected chi connectivity index (χ3v) is 3.43. The molecule has 1 N–H and O–H groups in total. The van der Waals surface area contributed by atoms with Crippen LogP contribution in [0.15, 0.2) is 30.3 Å². The van der Waals surface area contributed by atoms with Gasteiger partial charge < -0.3 is 5.32 Å². The second-order valence-electron chi connectivity index (χ2n) is 5.28. The quantitative estimate of drug-likeness (QED) is 0.882. The molecular weight excluding hydrogens is 222 g/mol. The van der Waals surface area contributed by atoms with Crippen molar-refractivity contribution in [1.29, 1.82) is 5.26 Å². The highest BCUT2D eigenvalue weighted by atomic mass is 15.2. The minimum atomic E-state index is -0.0244. The van der Waals surface area contributed by atoms with Crippen molar-refractivity contribution in [3.05, 3.63) is 35.9 Å². The second kappa shape index (κ2) is 5.99. The van der Waals surface area contributed by atoms with Crippen LogP contribution in [0.2, 0.25) is 0 Å². The molecule has 3 atom stereocenters.